The highest BCUT2D eigenvalue weighted by Crippen LogP contribution is 2.03. The molecule has 0 saturated carbocycles. The minimum absolute atomic E-state index is 0. The molecule has 0 saturated heterocycles. The molecule has 0 aromatic carbocycles. The molecule has 3 aromatic rings. The zero-order valence-electron chi connectivity index (χ0n) is 50.5. The standard InChI is InChI=1S/C7H6N4S.C7H14N2.C6H13N3.C5H9NO.C4H5N3.C4H11N3.C4H8N2S.4C3H9N.C2H6N2.ClH.N2/c12-7(10-3-1-8-5-10)11-4-2-9-6-11;1-2-5-8-7-4-3-6-9-7;1-2-3-7-6-8-4-5-9-6;1-7-5-3-2-4-6-5;5-4-7-3-1-2-6-7;1-2-3-7-4(5)6;1-7-4-5-2-3-6-4;4*1-2-3-4;3-1-2-4;;1-2/h1-6H;2-6H2,1H3,(H,8,9);2-5H2,1H3,(H2,7,8,9);2-4H2,1H3;1-5H;2-3H2,1H3,(H4,5,6,7);2-3H2,1H3,(H,5,6);4*2-4H2,1H3;1-2H,3-4H2;1H;/b;;;;;;;;;;;2-1-;;. The topological polar surface area (TPSA) is 452 Å². The Balaban J connectivity index is -0.000000150. The van der Waals surface area contributed by atoms with Crippen LogP contribution in [0.2, 0.25) is 0 Å². The molecule has 468 valence electrons. The van der Waals surface area contributed by atoms with E-state index in [0.29, 0.717) is 5.11 Å². The van der Waals surface area contributed by atoms with Gasteiger partial charge in [0.05, 0.1) is 26.0 Å². The van der Waals surface area contributed by atoms with E-state index >= 15 is 0 Å². The largest absolute Gasteiger partial charge is 0.484 e. The summed E-state index contributed by atoms with van der Waals surface area (Å²) in [7, 11) is 1.67. The van der Waals surface area contributed by atoms with Crippen LogP contribution in [0.15, 0.2) is 93.3 Å². The number of aliphatic imine (C=N–C) groups is 5. The van der Waals surface area contributed by atoms with E-state index in [-0.39, 0.29) is 18.4 Å². The molecule has 7 rings (SSSR count). The van der Waals surface area contributed by atoms with E-state index in [4.69, 9.17) is 79.0 Å². The average molecular weight is 1200 g/mol. The molecule has 30 heteroatoms. The van der Waals surface area contributed by atoms with Gasteiger partial charge in [-0.05, 0) is 109 Å². The molecule has 4 aliphatic rings. The summed E-state index contributed by atoms with van der Waals surface area (Å²) in [5.74, 6) is 3.29. The smallest absolute Gasteiger partial charge is 0.191 e. The van der Waals surface area contributed by atoms with Crippen molar-refractivity contribution in [3.05, 3.63) is 68.3 Å². The molecule has 0 spiro atoms. The maximum atomic E-state index is 6.64. The van der Waals surface area contributed by atoms with Gasteiger partial charge in [-0.3, -0.25) is 39.5 Å². The second-order valence-corrected chi connectivity index (χ2v) is 16.7. The highest BCUT2D eigenvalue weighted by atomic mass is 35.5. The minimum atomic E-state index is 0. The number of ether oxygens (including phenoxy) is 1. The summed E-state index contributed by atoms with van der Waals surface area (Å²) >= 11 is 6.81. The second-order valence-electron chi connectivity index (χ2n) is 15.5. The lowest BCUT2D eigenvalue weighted by Gasteiger charge is -2.02. The van der Waals surface area contributed by atoms with E-state index in [2.05, 4.69) is 103 Å². The number of halogens is 1. The molecule has 7 heterocycles. The van der Waals surface area contributed by atoms with Crippen molar-refractivity contribution >= 4 is 76.7 Å². The number of aromatic nitrogens is 6. The van der Waals surface area contributed by atoms with Gasteiger partial charge in [0.15, 0.2) is 28.1 Å². The van der Waals surface area contributed by atoms with Gasteiger partial charge >= 0.3 is 0 Å². The normalized spacial score (nSPS) is 12.0. The molecule has 0 bridgehead atoms. The lowest BCUT2D eigenvalue weighted by Crippen LogP contribution is -2.33. The highest BCUT2D eigenvalue weighted by molar-refractivity contribution is 8.13. The van der Waals surface area contributed by atoms with Crippen LogP contribution in [-0.2, 0) is 4.74 Å². The first-order chi connectivity index (χ1) is 38.9. The first-order valence-electron chi connectivity index (χ1n) is 27.2. The molecule has 0 fully saturated rings. The number of amidine groups is 2. The van der Waals surface area contributed by atoms with E-state index < -0.39 is 0 Å². The number of hydrogen-bond acceptors (Lipinski definition) is 24. The first kappa shape index (κ1) is 88.4. The van der Waals surface area contributed by atoms with E-state index in [0.717, 1.165) is 153 Å². The monoisotopic (exact) mass is 1200 g/mol. The lowest BCUT2D eigenvalue weighted by atomic mass is 10.3. The van der Waals surface area contributed by atoms with Gasteiger partial charge in [0.1, 0.15) is 19.0 Å². The number of thiocarbonyl (C=S) groups is 1. The molecule has 27 nitrogen and oxygen atoms in total. The fourth-order valence-corrected chi connectivity index (χ4v) is 5.06. The first-order valence-corrected chi connectivity index (χ1v) is 28.9. The van der Waals surface area contributed by atoms with Crippen LogP contribution in [0.1, 0.15) is 119 Å². The zero-order valence-corrected chi connectivity index (χ0v) is 52.9. The Hall–Kier alpha value is -6.42. The molecular formula is C51H109ClN26OS2. The van der Waals surface area contributed by atoms with Crippen LogP contribution in [0.5, 0.6) is 0 Å². The Morgan fingerprint density at radius 1 is 0.716 bits per heavy atom. The number of guanidine groups is 2. The molecule has 0 radical (unpaired) electrons. The molecule has 4 aliphatic heterocycles. The summed E-state index contributed by atoms with van der Waals surface area (Å²) in [6, 6.07) is 1.77. The molecule has 0 unspecified atom stereocenters. The van der Waals surface area contributed by atoms with Crippen molar-refractivity contribution in [3.63, 3.8) is 0 Å². The van der Waals surface area contributed by atoms with Crippen molar-refractivity contribution in [1.82, 2.24) is 50.1 Å². The van der Waals surface area contributed by atoms with Gasteiger partial charge in [-0.25, -0.2) is 14.6 Å². The van der Waals surface area contributed by atoms with E-state index in [1.54, 1.807) is 83.9 Å². The van der Waals surface area contributed by atoms with Crippen LogP contribution in [0, 0.1) is 16.2 Å². The summed E-state index contributed by atoms with van der Waals surface area (Å²) in [6.07, 6.45) is 31.7. The maximum absolute atomic E-state index is 6.64. The van der Waals surface area contributed by atoms with Crippen LogP contribution < -0.4 is 67.1 Å². The minimum Gasteiger partial charge on any atom is -0.484 e. The van der Waals surface area contributed by atoms with Crippen molar-refractivity contribution in [2.75, 3.05) is 98.4 Å². The van der Waals surface area contributed by atoms with E-state index in [9.17, 15) is 0 Å². The third kappa shape index (κ3) is 69.6. The van der Waals surface area contributed by atoms with Crippen LogP contribution >= 0.6 is 36.4 Å². The van der Waals surface area contributed by atoms with Gasteiger partial charge in [-0.15, -0.1) is 12.4 Å². The fourth-order valence-electron chi connectivity index (χ4n) is 4.38. The predicted molar refractivity (Wildman–Crippen MR) is 352 cm³/mol. The third-order valence-electron chi connectivity index (χ3n) is 8.47. The molecule has 0 aliphatic carbocycles. The highest BCUT2D eigenvalue weighted by Gasteiger charge is 2.04. The van der Waals surface area contributed by atoms with Crippen LogP contribution in [-0.4, -0.2) is 168 Å². The Kier molecular flexibility index (Phi) is 84.9. The molecule has 21 N–H and O–H groups in total. The Morgan fingerprint density at radius 3 is 1.47 bits per heavy atom. The van der Waals surface area contributed by atoms with Crippen molar-refractivity contribution in [1.29, 1.82) is 16.2 Å². The Bertz CT molecular complexity index is 1770. The molecule has 0 atom stereocenters. The van der Waals surface area contributed by atoms with Gasteiger partial charge < -0.3 is 71.9 Å². The van der Waals surface area contributed by atoms with Gasteiger partial charge in [0.25, 0.3) is 0 Å². The molecule has 81 heavy (non-hydrogen) atoms. The van der Waals surface area contributed by atoms with Gasteiger partial charge in [0.2, 0.25) is 0 Å². The molecule has 3 aromatic heterocycles. The zero-order chi connectivity index (χ0) is 61.6. The molecule has 0 amide bonds. The average Bonchev–Trinajstić information content (AvgIpc) is 4.37. The number of thioether (sulfide) groups is 1. The third-order valence-corrected chi connectivity index (χ3v) is 9.55. The molecular weight excluding hydrogens is 1090 g/mol. The fraction of sp³-hybridized carbons (Fsp3) is 0.647. The second kappa shape index (κ2) is 77.8. The van der Waals surface area contributed by atoms with Crippen LogP contribution in [0.25, 0.3) is 0 Å². The van der Waals surface area contributed by atoms with E-state index in [1.807, 2.05) is 13.2 Å². The Labute approximate surface area is 502 Å². The Morgan fingerprint density at radius 2 is 1.21 bits per heavy atom. The summed E-state index contributed by atoms with van der Waals surface area (Å²) in [4.78, 5) is 28.1. The number of nitrogens with one attached hydrogen (secondary N) is 5. The summed E-state index contributed by atoms with van der Waals surface area (Å²) < 4.78 is 9.77. The number of nitrogens with zero attached hydrogens (tertiary/aromatic N) is 13. The van der Waals surface area contributed by atoms with Crippen LogP contribution in [0.3, 0.4) is 0 Å². The van der Waals surface area contributed by atoms with Crippen molar-refractivity contribution in [2.45, 2.75) is 119 Å². The van der Waals surface area contributed by atoms with Gasteiger partial charge in [-0.1, -0.05) is 60.2 Å². The van der Waals surface area contributed by atoms with E-state index in [1.165, 1.54) is 48.6 Å². The van der Waals surface area contributed by atoms with Gasteiger partial charge in [-0.2, -0.15) is 5.10 Å². The summed E-state index contributed by atoms with van der Waals surface area (Å²) in [5.41, 5.74) is 39.6. The van der Waals surface area contributed by atoms with Crippen molar-refractivity contribution in [2.24, 2.45) is 70.8 Å². The summed E-state index contributed by atoms with van der Waals surface area (Å²) in [5, 5.41) is 36.8. The quantitative estimate of drug-likeness (QED) is 0.0551. The number of nitrogens with two attached hydrogens (primary N) is 8. The number of methoxy groups -OCH3 is 1. The summed E-state index contributed by atoms with van der Waals surface area (Å²) in [6.45, 7) is 26.6. The van der Waals surface area contributed by atoms with Crippen molar-refractivity contribution in [3.8, 4) is 0 Å². The SMILES string of the molecule is CCCN.CCCN.CCCN.CCCN.CCCN=C(N)N.CCCNC1=NCCC1.CCCNC1=NCCN1.COC1=NCCC1.CSC1=NCCN1.Cl.N#N.N/C=C\N.N=Cn1cccn1.S=C(n1ccnc1)n1ccnc1. The number of imidazole rings is 2. The lowest BCUT2D eigenvalue weighted by molar-refractivity contribution is 0.395. The maximum Gasteiger partial charge on any atom is 0.191 e. The number of rotatable bonds is 11. The van der Waals surface area contributed by atoms with Gasteiger partial charge in [0, 0.05) is 119 Å². The van der Waals surface area contributed by atoms with Crippen molar-refractivity contribution < 1.29 is 4.74 Å². The predicted octanol–water partition coefficient (Wildman–Crippen LogP) is 4.27. The number of hydrogen-bond donors (Lipinski definition) is 13. The van der Waals surface area contributed by atoms with Crippen LogP contribution in [0.4, 0.5) is 0 Å².